The molecule has 142 valence electrons. The number of carbonyl (C=O) groups excluding carboxylic acids is 1. The number of para-hydroxylation sites is 1. The van der Waals surface area contributed by atoms with Gasteiger partial charge in [0.05, 0.1) is 19.4 Å². The third kappa shape index (κ3) is 6.27. The highest BCUT2D eigenvalue weighted by Gasteiger charge is 2.05. The number of anilines is 1. The van der Waals surface area contributed by atoms with Crippen LogP contribution in [0.4, 0.5) is 10.1 Å². The highest BCUT2D eigenvalue weighted by Crippen LogP contribution is 2.28. The third-order valence-electron chi connectivity index (χ3n) is 3.34. The maximum absolute atomic E-state index is 13.5. The molecule has 0 spiro atoms. The van der Waals surface area contributed by atoms with Crippen molar-refractivity contribution in [2.45, 2.75) is 6.92 Å². The van der Waals surface area contributed by atoms with Crippen LogP contribution < -0.4 is 25.6 Å². The summed E-state index contributed by atoms with van der Waals surface area (Å²) in [5.74, 6) is 0.333. The van der Waals surface area contributed by atoms with Gasteiger partial charge in [-0.25, -0.2) is 4.39 Å². The molecule has 0 unspecified atom stereocenters. The lowest BCUT2D eigenvalue weighted by atomic mass is 10.2. The van der Waals surface area contributed by atoms with Gasteiger partial charge < -0.3 is 14.8 Å². The van der Waals surface area contributed by atoms with Crippen LogP contribution >= 0.6 is 12.2 Å². The molecule has 0 aliphatic heterocycles. The number of rotatable bonds is 6. The Balaban J connectivity index is 1.89. The van der Waals surface area contributed by atoms with E-state index < -0.39 is 11.7 Å². The Morgan fingerprint density at radius 1 is 1.19 bits per heavy atom. The van der Waals surface area contributed by atoms with E-state index in [1.165, 1.54) is 18.2 Å². The van der Waals surface area contributed by atoms with Crippen LogP contribution in [0.3, 0.4) is 0 Å². The number of carbonyl (C=O) groups is 1. The SMILES string of the molecule is CCOc1cc(/C=C/C(=O)NNC(=S)Nc2ccccc2F)ccc1OC. The van der Waals surface area contributed by atoms with Gasteiger partial charge >= 0.3 is 0 Å². The van der Waals surface area contributed by atoms with E-state index >= 15 is 0 Å². The molecule has 2 aromatic rings. The van der Waals surface area contributed by atoms with Crippen molar-refractivity contribution in [3.05, 3.63) is 59.9 Å². The van der Waals surface area contributed by atoms with Gasteiger partial charge in [-0.05, 0) is 55.0 Å². The lowest BCUT2D eigenvalue weighted by molar-refractivity contribution is -0.116. The molecule has 27 heavy (non-hydrogen) atoms. The molecule has 6 nitrogen and oxygen atoms in total. The number of hydrogen-bond donors (Lipinski definition) is 3. The number of hydrogen-bond acceptors (Lipinski definition) is 4. The maximum atomic E-state index is 13.5. The van der Waals surface area contributed by atoms with Gasteiger partial charge in [0.2, 0.25) is 0 Å². The molecular weight excluding hydrogens is 369 g/mol. The number of hydrazine groups is 1. The second-order valence-electron chi connectivity index (χ2n) is 5.22. The molecule has 0 aromatic heterocycles. The summed E-state index contributed by atoms with van der Waals surface area (Å²) in [6.07, 6.45) is 2.95. The summed E-state index contributed by atoms with van der Waals surface area (Å²) in [5.41, 5.74) is 5.87. The summed E-state index contributed by atoms with van der Waals surface area (Å²) in [5, 5.41) is 2.71. The molecule has 2 rings (SSSR count). The van der Waals surface area contributed by atoms with Gasteiger partial charge in [-0.3, -0.25) is 15.6 Å². The van der Waals surface area contributed by atoms with E-state index in [-0.39, 0.29) is 10.8 Å². The van der Waals surface area contributed by atoms with E-state index in [1.54, 1.807) is 43.5 Å². The van der Waals surface area contributed by atoms with Gasteiger partial charge in [-0.15, -0.1) is 0 Å². The van der Waals surface area contributed by atoms with Crippen LogP contribution in [-0.2, 0) is 4.79 Å². The average molecular weight is 389 g/mol. The smallest absolute Gasteiger partial charge is 0.262 e. The van der Waals surface area contributed by atoms with E-state index in [0.29, 0.717) is 18.1 Å². The zero-order chi connectivity index (χ0) is 19.6. The summed E-state index contributed by atoms with van der Waals surface area (Å²) in [4.78, 5) is 11.9. The number of methoxy groups -OCH3 is 1. The number of thiocarbonyl (C=S) groups is 1. The highest BCUT2D eigenvalue weighted by atomic mass is 32.1. The second-order valence-corrected chi connectivity index (χ2v) is 5.63. The first-order chi connectivity index (χ1) is 13.0. The van der Waals surface area contributed by atoms with E-state index in [0.717, 1.165) is 5.56 Å². The Morgan fingerprint density at radius 2 is 1.96 bits per heavy atom. The zero-order valence-electron chi connectivity index (χ0n) is 14.9. The Labute approximate surface area is 162 Å². The predicted molar refractivity (Wildman–Crippen MR) is 107 cm³/mol. The molecule has 8 heteroatoms. The molecule has 2 aromatic carbocycles. The number of ether oxygens (including phenoxy) is 2. The minimum absolute atomic E-state index is 0.0601. The van der Waals surface area contributed by atoms with Crippen LogP contribution in [-0.4, -0.2) is 24.7 Å². The molecule has 0 fully saturated rings. The lowest BCUT2D eigenvalue weighted by Gasteiger charge is -2.11. The van der Waals surface area contributed by atoms with Crippen molar-refractivity contribution >= 4 is 35.0 Å². The molecule has 0 saturated carbocycles. The largest absolute Gasteiger partial charge is 0.493 e. The van der Waals surface area contributed by atoms with Crippen LogP contribution in [0, 0.1) is 5.82 Å². The predicted octanol–water partition coefficient (Wildman–Crippen LogP) is 3.26. The minimum Gasteiger partial charge on any atom is -0.493 e. The van der Waals surface area contributed by atoms with Crippen molar-refractivity contribution in [3.8, 4) is 11.5 Å². The van der Waals surface area contributed by atoms with Crippen molar-refractivity contribution in [2.75, 3.05) is 19.0 Å². The monoisotopic (exact) mass is 389 g/mol. The van der Waals surface area contributed by atoms with Crippen LogP contribution in [0.1, 0.15) is 12.5 Å². The molecule has 0 atom stereocenters. The molecule has 0 heterocycles. The number of halogens is 1. The Kier molecular flexibility index (Phi) is 7.57. The summed E-state index contributed by atoms with van der Waals surface area (Å²) in [6.45, 7) is 2.37. The third-order valence-corrected chi connectivity index (χ3v) is 3.54. The van der Waals surface area contributed by atoms with Crippen molar-refractivity contribution in [3.63, 3.8) is 0 Å². The number of benzene rings is 2. The van der Waals surface area contributed by atoms with Crippen LogP contribution in [0.15, 0.2) is 48.5 Å². The van der Waals surface area contributed by atoms with E-state index in [2.05, 4.69) is 16.2 Å². The van der Waals surface area contributed by atoms with E-state index in [9.17, 15) is 9.18 Å². The molecule has 0 bridgehead atoms. The Morgan fingerprint density at radius 3 is 2.67 bits per heavy atom. The second kappa shape index (κ2) is 10.1. The van der Waals surface area contributed by atoms with Gasteiger partial charge in [-0.1, -0.05) is 18.2 Å². The molecule has 0 saturated heterocycles. The average Bonchev–Trinajstić information content (AvgIpc) is 2.67. The van der Waals surface area contributed by atoms with Gasteiger partial charge in [-0.2, -0.15) is 0 Å². The fourth-order valence-corrected chi connectivity index (χ4v) is 2.27. The molecular formula is C19H20FN3O3S. The van der Waals surface area contributed by atoms with Gasteiger partial charge in [0.15, 0.2) is 16.6 Å². The van der Waals surface area contributed by atoms with Crippen molar-refractivity contribution in [2.24, 2.45) is 0 Å². The van der Waals surface area contributed by atoms with Gasteiger partial charge in [0.1, 0.15) is 5.82 Å². The first-order valence-corrected chi connectivity index (χ1v) is 8.54. The summed E-state index contributed by atoms with van der Waals surface area (Å²) in [7, 11) is 1.56. The molecule has 0 aliphatic carbocycles. The molecule has 0 aliphatic rings. The highest BCUT2D eigenvalue weighted by molar-refractivity contribution is 7.80. The van der Waals surface area contributed by atoms with Crippen LogP contribution in [0.5, 0.6) is 11.5 Å². The van der Waals surface area contributed by atoms with Crippen molar-refractivity contribution in [1.82, 2.24) is 10.9 Å². The van der Waals surface area contributed by atoms with Crippen LogP contribution in [0.2, 0.25) is 0 Å². The summed E-state index contributed by atoms with van der Waals surface area (Å²) in [6, 6.07) is 11.4. The fraction of sp³-hybridized carbons (Fsp3) is 0.158. The molecule has 1 amide bonds. The van der Waals surface area contributed by atoms with Crippen LogP contribution in [0.25, 0.3) is 6.08 Å². The maximum Gasteiger partial charge on any atom is 0.262 e. The molecule has 0 radical (unpaired) electrons. The van der Waals surface area contributed by atoms with E-state index in [1.807, 2.05) is 6.92 Å². The first kappa shape index (κ1) is 20.2. The lowest BCUT2D eigenvalue weighted by Crippen LogP contribution is -2.43. The quantitative estimate of drug-likeness (QED) is 0.400. The standard InChI is InChI=1S/C19H20FN3O3S/c1-3-26-17-12-13(8-10-16(17)25-2)9-11-18(24)22-23-19(27)21-15-7-5-4-6-14(15)20/h4-12H,3H2,1-2H3,(H,22,24)(H2,21,23,27)/b11-9+. The number of amides is 1. The minimum atomic E-state index is -0.447. The van der Waals surface area contributed by atoms with Gasteiger partial charge in [0.25, 0.3) is 5.91 Å². The normalized spacial score (nSPS) is 10.3. The topological polar surface area (TPSA) is 71.6 Å². The first-order valence-electron chi connectivity index (χ1n) is 8.14. The number of nitrogens with one attached hydrogen (secondary N) is 3. The fourth-order valence-electron chi connectivity index (χ4n) is 2.11. The Hall–Kier alpha value is -3.13. The van der Waals surface area contributed by atoms with Crippen molar-refractivity contribution < 1.29 is 18.7 Å². The van der Waals surface area contributed by atoms with Gasteiger partial charge in [0, 0.05) is 6.08 Å². The Bertz CT molecular complexity index is 843. The van der Waals surface area contributed by atoms with Crippen molar-refractivity contribution in [1.29, 1.82) is 0 Å². The van der Waals surface area contributed by atoms with E-state index in [4.69, 9.17) is 21.7 Å². The summed E-state index contributed by atoms with van der Waals surface area (Å²) < 4.78 is 24.2. The zero-order valence-corrected chi connectivity index (χ0v) is 15.7. The summed E-state index contributed by atoms with van der Waals surface area (Å²) >= 11 is 5.01. The molecule has 3 N–H and O–H groups in total.